The van der Waals surface area contributed by atoms with E-state index in [1.807, 2.05) is 0 Å². The molecule has 1 fully saturated rings. The Bertz CT molecular complexity index is 514. The molecule has 1 aliphatic heterocycles. The fourth-order valence-corrected chi connectivity index (χ4v) is 2.30. The van der Waals surface area contributed by atoms with Gasteiger partial charge in [0, 0.05) is 6.54 Å². The maximum absolute atomic E-state index is 12.0. The molecule has 1 atom stereocenters. The Labute approximate surface area is 110 Å². The van der Waals surface area contributed by atoms with Crippen LogP contribution in [0.15, 0.2) is 11.1 Å². The van der Waals surface area contributed by atoms with E-state index in [9.17, 15) is 9.59 Å². The van der Waals surface area contributed by atoms with Crippen LogP contribution in [0.3, 0.4) is 0 Å². The van der Waals surface area contributed by atoms with E-state index >= 15 is 0 Å². The van der Waals surface area contributed by atoms with Crippen molar-refractivity contribution >= 4 is 17.5 Å². The molecule has 0 aromatic carbocycles. The second kappa shape index (κ2) is 5.73. The SMILES string of the molecule is CCOC(=O)C1CCCCN1c1nc[nH]c(=O)c1N. The van der Waals surface area contributed by atoms with Gasteiger partial charge in [0.25, 0.3) is 5.56 Å². The number of H-pyrrole nitrogens is 1. The minimum atomic E-state index is -0.412. The van der Waals surface area contributed by atoms with Gasteiger partial charge in [-0.2, -0.15) is 0 Å². The topological polar surface area (TPSA) is 101 Å². The first-order valence-corrected chi connectivity index (χ1v) is 6.41. The van der Waals surface area contributed by atoms with Gasteiger partial charge in [0.1, 0.15) is 11.7 Å². The van der Waals surface area contributed by atoms with Gasteiger partial charge in [-0.25, -0.2) is 9.78 Å². The summed E-state index contributed by atoms with van der Waals surface area (Å²) in [4.78, 5) is 31.8. The Morgan fingerprint density at radius 1 is 1.63 bits per heavy atom. The van der Waals surface area contributed by atoms with Gasteiger partial charge >= 0.3 is 5.97 Å². The summed E-state index contributed by atoms with van der Waals surface area (Å²) in [5, 5.41) is 0. The molecule has 0 saturated carbocycles. The van der Waals surface area contributed by atoms with Crippen LogP contribution in [0.25, 0.3) is 0 Å². The molecule has 104 valence electrons. The Morgan fingerprint density at radius 3 is 3.16 bits per heavy atom. The van der Waals surface area contributed by atoms with Gasteiger partial charge in [0.2, 0.25) is 0 Å². The van der Waals surface area contributed by atoms with Gasteiger partial charge < -0.3 is 20.4 Å². The van der Waals surface area contributed by atoms with Crippen molar-refractivity contribution in [3.8, 4) is 0 Å². The molecule has 0 aliphatic carbocycles. The van der Waals surface area contributed by atoms with Crippen molar-refractivity contribution in [1.82, 2.24) is 9.97 Å². The third kappa shape index (κ3) is 2.69. The van der Waals surface area contributed by atoms with Crippen LogP contribution in [0, 0.1) is 0 Å². The number of esters is 1. The van der Waals surface area contributed by atoms with E-state index < -0.39 is 11.6 Å². The van der Waals surface area contributed by atoms with Gasteiger partial charge in [0.05, 0.1) is 12.9 Å². The molecule has 2 heterocycles. The Kier molecular flexibility index (Phi) is 4.03. The molecule has 1 unspecified atom stereocenters. The summed E-state index contributed by atoms with van der Waals surface area (Å²) in [5.41, 5.74) is 5.40. The zero-order valence-electron chi connectivity index (χ0n) is 10.9. The van der Waals surface area contributed by atoms with E-state index in [0.717, 1.165) is 12.8 Å². The lowest BCUT2D eigenvalue weighted by Crippen LogP contribution is -2.46. The number of anilines is 2. The molecular formula is C12H18N4O3. The molecule has 1 aromatic rings. The van der Waals surface area contributed by atoms with Crippen LogP contribution in [0.1, 0.15) is 26.2 Å². The van der Waals surface area contributed by atoms with E-state index in [1.165, 1.54) is 6.33 Å². The van der Waals surface area contributed by atoms with Gasteiger partial charge in [-0.3, -0.25) is 4.79 Å². The number of piperidine rings is 1. The molecular weight excluding hydrogens is 248 g/mol. The number of nitrogen functional groups attached to an aromatic ring is 1. The van der Waals surface area contributed by atoms with Crippen molar-refractivity contribution in [3.05, 3.63) is 16.7 Å². The minimum Gasteiger partial charge on any atom is -0.464 e. The molecule has 0 bridgehead atoms. The highest BCUT2D eigenvalue weighted by atomic mass is 16.5. The number of aromatic nitrogens is 2. The third-order valence-electron chi connectivity index (χ3n) is 3.20. The highest BCUT2D eigenvalue weighted by molar-refractivity contribution is 5.81. The van der Waals surface area contributed by atoms with Crippen LogP contribution in [0.4, 0.5) is 11.5 Å². The number of aromatic amines is 1. The van der Waals surface area contributed by atoms with Gasteiger partial charge in [-0.15, -0.1) is 0 Å². The average molecular weight is 266 g/mol. The minimum absolute atomic E-state index is 0.0405. The van der Waals surface area contributed by atoms with Crippen LogP contribution >= 0.6 is 0 Å². The predicted molar refractivity (Wildman–Crippen MR) is 70.9 cm³/mol. The quantitative estimate of drug-likeness (QED) is 0.762. The van der Waals surface area contributed by atoms with E-state index in [4.69, 9.17) is 10.5 Å². The molecule has 1 saturated heterocycles. The lowest BCUT2D eigenvalue weighted by molar-refractivity contribution is -0.145. The van der Waals surface area contributed by atoms with Crippen molar-refractivity contribution < 1.29 is 9.53 Å². The molecule has 0 radical (unpaired) electrons. The van der Waals surface area contributed by atoms with Crippen molar-refractivity contribution in [1.29, 1.82) is 0 Å². The first kappa shape index (κ1) is 13.4. The summed E-state index contributed by atoms with van der Waals surface area (Å²) in [6.07, 6.45) is 3.87. The monoisotopic (exact) mass is 266 g/mol. The van der Waals surface area contributed by atoms with Crippen LogP contribution < -0.4 is 16.2 Å². The third-order valence-corrected chi connectivity index (χ3v) is 3.20. The zero-order valence-corrected chi connectivity index (χ0v) is 10.9. The molecule has 1 aromatic heterocycles. The Balaban J connectivity index is 2.31. The standard InChI is InChI=1S/C12H18N4O3/c1-2-19-12(18)8-5-3-4-6-16(8)10-9(13)11(17)15-7-14-10/h7-8H,2-6,13H2,1H3,(H,14,15,17). The maximum Gasteiger partial charge on any atom is 0.328 e. The number of nitrogens with two attached hydrogens (primary N) is 1. The summed E-state index contributed by atoms with van der Waals surface area (Å²) in [6.45, 7) is 2.75. The van der Waals surface area contributed by atoms with Crippen molar-refractivity contribution in [3.63, 3.8) is 0 Å². The molecule has 7 heteroatoms. The maximum atomic E-state index is 12.0. The van der Waals surface area contributed by atoms with Gasteiger partial charge in [-0.05, 0) is 26.2 Å². The van der Waals surface area contributed by atoms with E-state index in [0.29, 0.717) is 25.4 Å². The normalized spacial score (nSPS) is 19.2. The Morgan fingerprint density at radius 2 is 2.42 bits per heavy atom. The van der Waals surface area contributed by atoms with Crippen LogP contribution in [-0.2, 0) is 9.53 Å². The molecule has 0 amide bonds. The lowest BCUT2D eigenvalue weighted by Gasteiger charge is -2.35. The van der Waals surface area contributed by atoms with E-state index in [-0.39, 0.29) is 11.7 Å². The van der Waals surface area contributed by atoms with Crippen LogP contribution in [0.5, 0.6) is 0 Å². The number of carbonyl (C=O) groups excluding carboxylic acids is 1. The summed E-state index contributed by atoms with van der Waals surface area (Å²) in [6, 6.07) is -0.412. The largest absolute Gasteiger partial charge is 0.464 e. The Hall–Kier alpha value is -2.05. The average Bonchev–Trinajstić information content (AvgIpc) is 2.42. The summed E-state index contributed by atoms with van der Waals surface area (Å²) < 4.78 is 5.07. The number of nitrogens with zero attached hydrogens (tertiary/aromatic N) is 2. The summed E-state index contributed by atoms with van der Waals surface area (Å²) in [5.74, 6) is 0.0742. The smallest absolute Gasteiger partial charge is 0.328 e. The highest BCUT2D eigenvalue weighted by Crippen LogP contribution is 2.26. The molecule has 0 spiro atoms. The second-order valence-electron chi connectivity index (χ2n) is 4.43. The number of rotatable bonds is 3. The first-order valence-electron chi connectivity index (χ1n) is 6.41. The van der Waals surface area contributed by atoms with Crippen molar-refractivity contribution in [2.75, 3.05) is 23.8 Å². The van der Waals surface area contributed by atoms with Crippen molar-refractivity contribution in [2.24, 2.45) is 0 Å². The van der Waals surface area contributed by atoms with E-state index in [2.05, 4.69) is 9.97 Å². The number of carbonyl (C=O) groups is 1. The van der Waals surface area contributed by atoms with Crippen molar-refractivity contribution in [2.45, 2.75) is 32.2 Å². The fraction of sp³-hybridized carbons (Fsp3) is 0.583. The summed E-state index contributed by atoms with van der Waals surface area (Å²) >= 11 is 0. The van der Waals surface area contributed by atoms with Crippen LogP contribution in [0.2, 0.25) is 0 Å². The molecule has 19 heavy (non-hydrogen) atoms. The molecule has 2 rings (SSSR count). The number of hydrogen-bond donors (Lipinski definition) is 2. The molecule has 7 nitrogen and oxygen atoms in total. The lowest BCUT2D eigenvalue weighted by atomic mass is 10.0. The zero-order chi connectivity index (χ0) is 13.8. The summed E-state index contributed by atoms with van der Waals surface area (Å²) in [7, 11) is 0. The highest BCUT2D eigenvalue weighted by Gasteiger charge is 2.32. The molecule has 3 N–H and O–H groups in total. The number of nitrogens with one attached hydrogen (secondary N) is 1. The van der Waals surface area contributed by atoms with Gasteiger partial charge in [0.15, 0.2) is 5.82 Å². The fourth-order valence-electron chi connectivity index (χ4n) is 2.30. The second-order valence-corrected chi connectivity index (χ2v) is 4.43. The number of hydrogen-bond acceptors (Lipinski definition) is 6. The van der Waals surface area contributed by atoms with Gasteiger partial charge in [-0.1, -0.05) is 0 Å². The van der Waals surface area contributed by atoms with E-state index in [1.54, 1.807) is 11.8 Å². The van der Waals surface area contributed by atoms with Crippen LogP contribution in [-0.4, -0.2) is 35.1 Å². The number of ether oxygens (including phenoxy) is 1. The molecule has 1 aliphatic rings. The first-order chi connectivity index (χ1) is 9.15. The predicted octanol–water partition coefficient (Wildman–Crippen LogP) is 0.274.